The maximum atomic E-state index is 5.85. The van der Waals surface area contributed by atoms with Crippen LogP contribution in [0.4, 0.5) is 11.8 Å². The summed E-state index contributed by atoms with van der Waals surface area (Å²) in [5.41, 5.74) is 13.8. The van der Waals surface area contributed by atoms with E-state index in [4.69, 9.17) is 11.5 Å². The molecule has 2 aromatic heterocycles. The fourth-order valence-corrected chi connectivity index (χ4v) is 3.19. The van der Waals surface area contributed by atoms with Crippen molar-refractivity contribution in [3.05, 3.63) is 27.8 Å². The number of nitrogens with two attached hydrogens (primary N) is 2. The highest BCUT2D eigenvalue weighted by atomic mass is 35.5. The molecular weight excluding hydrogens is 355 g/mol. The highest BCUT2D eigenvalue weighted by Crippen LogP contribution is 2.35. The molecular formula is C14H22Cl2N6S. The molecule has 3 rings (SSSR count). The predicted octanol–water partition coefficient (Wildman–Crippen LogP) is 2.51. The number of halogens is 2. The topological polar surface area (TPSA) is 94.0 Å². The summed E-state index contributed by atoms with van der Waals surface area (Å²) in [7, 11) is 1.99. The summed E-state index contributed by atoms with van der Waals surface area (Å²) in [4.78, 5) is 15.2. The number of rotatable bonds is 4. The second kappa shape index (κ2) is 8.10. The van der Waals surface area contributed by atoms with E-state index < -0.39 is 0 Å². The number of hydrogen-bond acceptors (Lipinski definition) is 7. The summed E-state index contributed by atoms with van der Waals surface area (Å²) in [6.45, 7) is 2.72. The molecule has 1 fully saturated rings. The molecule has 0 unspecified atom stereocenters. The van der Waals surface area contributed by atoms with Crippen molar-refractivity contribution in [2.24, 2.45) is 5.73 Å². The molecule has 0 aliphatic heterocycles. The lowest BCUT2D eigenvalue weighted by Gasteiger charge is -2.32. The first-order chi connectivity index (χ1) is 10.0. The van der Waals surface area contributed by atoms with Gasteiger partial charge >= 0.3 is 0 Å². The first-order valence-electron chi connectivity index (χ1n) is 7.03. The van der Waals surface area contributed by atoms with Crippen molar-refractivity contribution in [1.82, 2.24) is 15.0 Å². The van der Waals surface area contributed by atoms with Gasteiger partial charge in [0.2, 0.25) is 5.95 Å². The Morgan fingerprint density at radius 2 is 1.96 bits per heavy atom. The summed E-state index contributed by atoms with van der Waals surface area (Å²) in [5, 5.41) is 3.15. The van der Waals surface area contributed by atoms with Gasteiger partial charge in [0, 0.05) is 30.5 Å². The van der Waals surface area contributed by atoms with Crippen molar-refractivity contribution in [2.45, 2.75) is 38.3 Å². The maximum absolute atomic E-state index is 5.85. The minimum absolute atomic E-state index is 0. The minimum Gasteiger partial charge on any atom is -0.368 e. The molecule has 0 atom stereocenters. The highest BCUT2D eigenvalue weighted by Gasteiger charge is 2.29. The molecule has 9 heteroatoms. The zero-order valence-corrected chi connectivity index (χ0v) is 15.5. The van der Waals surface area contributed by atoms with Crippen molar-refractivity contribution in [2.75, 3.05) is 17.7 Å². The first-order valence-corrected chi connectivity index (χ1v) is 7.91. The molecule has 6 nitrogen and oxygen atoms in total. The van der Waals surface area contributed by atoms with Crippen LogP contribution in [0.2, 0.25) is 0 Å². The van der Waals surface area contributed by atoms with Gasteiger partial charge in [0.1, 0.15) is 5.82 Å². The normalized spacial score (nSPS) is 19.3. The molecule has 23 heavy (non-hydrogen) atoms. The molecule has 1 aliphatic carbocycles. The lowest BCUT2D eigenvalue weighted by Crippen LogP contribution is -2.35. The third-order valence-corrected chi connectivity index (χ3v) is 4.62. The van der Waals surface area contributed by atoms with Gasteiger partial charge in [-0.1, -0.05) is 0 Å². The molecule has 0 saturated heterocycles. The predicted molar refractivity (Wildman–Crippen MR) is 99.8 cm³/mol. The number of aryl methyl sites for hydroxylation is 1. The lowest BCUT2D eigenvalue weighted by atomic mass is 9.78. The molecule has 1 aliphatic rings. The number of thiazole rings is 1. The molecule has 128 valence electrons. The van der Waals surface area contributed by atoms with Gasteiger partial charge < -0.3 is 16.4 Å². The van der Waals surface area contributed by atoms with Crippen LogP contribution in [0.25, 0.3) is 0 Å². The molecule has 1 saturated carbocycles. The average Bonchev–Trinajstić information content (AvgIpc) is 2.79. The standard InChI is InChI=1S/C14H20N6S.2ClH/c1-8-17-11(7-21-8)6-20(2)13-5-12(18-14(16)19-13)9-3-10(15)4-9;;/h5,7,9-10H,3-4,6,15H2,1-2H3,(H2,16,18,19);2*1H. The summed E-state index contributed by atoms with van der Waals surface area (Å²) in [5.74, 6) is 1.58. The van der Waals surface area contributed by atoms with Crippen LogP contribution in [0, 0.1) is 6.92 Å². The Labute approximate surface area is 152 Å². The summed E-state index contributed by atoms with van der Waals surface area (Å²) < 4.78 is 0. The largest absolute Gasteiger partial charge is 0.368 e. The van der Waals surface area contributed by atoms with E-state index in [0.29, 0.717) is 24.5 Å². The second-order valence-corrected chi connectivity index (χ2v) is 6.71. The number of hydrogen-bond donors (Lipinski definition) is 2. The Bertz CT molecular complexity index is 644. The van der Waals surface area contributed by atoms with E-state index in [9.17, 15) is 0 Å². The molecule has 4 N–H and O–H groups in total. The van der Waals surface area contributed by atoms with E-state index in [2.05, 4.69) is 25.2 Å². The van der Waals surface area contributed by atoms with Crippen LogP contribution in [-0.2, 0) is 6.54 Å². The monoisotopic (exact) mass is 376 g/mol. The third-order valence-electron chi connectivity index (χ3n) is 3.80. The SMILES string of the molecule is Cc1nc(CN(C)c2cc(C3CC(N)C3)nc(N)n2)cs1.Cl.Cl. The zero-order chi connectivity index (χ0) is 15.0. The third kappa shape index (κ3) is 4.67. The molecule has 2 heterocycles. The van der Waals surface area contributed by atoms with E-state index >= 15 is 0 Å². The van der Waals surface area contributed by atoms with E-state index in [1.807, 2.05) is 20.0 Å². The number of anilines is 2. The van der Waals surface area contributed by atoms with E-state index in [-0.39, 0.29) is 24.8 Å². The molecule has 0 aromatic carbocycles. The van der Waals surface area contributed by atoms with E-state index in [1.54, 1.807) is 11.3 Å². The first kappa shape index (κ1) is 19.9. The molecule has 0 radical (unpaired) electrons. The van der Waals surface area contributed by atoms with E-state index in [1.165, 1.54) is 0 Å². The smallest absolute Gasteiger partial charge is 0.222 e. The summed E-state index contributed by atoms with van der Waals surface area (Å²) in [6.07, 6.45) is 1.95. The van der Waals surface area contributed by atoms with Gasteiger partial charge in [-0.3, -0.25) is 0 Å². The van der Waals surface area contributed by atoms with Gasteiger partial charge in [0.25, 0.3) is 0 Å². The van der Waals surface area contributed by atoms with E-state index in [0.717, 1.165) is 35.1 Å². The van der Waals surface area contributed by atoms with Crippen LogP contribution in [0.1, 0.15) is 35.2 Å². The Morgan fingerprint density at radius 3 is 2.52 bits per heavy atom. The Hall–Kier alpha value is -1.15. The average molecular weight is 377 g/mol. The van der Waals surface area contributed by atoms with Crippen LogP contribution in [0.15, 0.2) is 11.4 Å². The summed E-state index contributed by atoms with van der Waals surface area (Å²) >= 11 is 1.66. The Kier molecular flexibility index (Phi) is 7.01. The van der Waals surface area contributed by atoms with Gasteiger partial charge in [0.15, 0.2) is 0 Å². The van der Waals surface area contributed by atoms with Crippen molar-refractivity contribution >= 4 is 47.9 Å². The number of nitrogens with zero attached hydrogens (tertiary/aromatic N) is 4. The van der Waals surface area contributed by atoms with Crippen LogP contribution in [0.3, 0.4) is 0 Å². The maximum Gasteiger partial charge on any atom is 0.222 e. The molecule has 0 bridgehead atoms. The second-order valence-electron chi connectivity index (χ2n) is 5.65. The van der Waals surface area contributed by atoms with Crippen LogP contribution < -0.4 is 16.4 Å². The minimum atomic E-state index is 0. The highest BCUT2D eigenvalue weighted by molar-refractivity contribution is 7.09. The Morgan fingerprint density at radius 1 is 1.26 bits per heavy atom. The van der Waals surface area contributed by atoms with Crippen LogP contribution in [0.5, 0.6) is 0 Å². The lowest BCUT2D eigenvalue weighted by molar-refractivity contribution is 0.345. The number of aromatic nitrogens is 3. The molecule has 2 aromatic rings. The molecule has 0 spiro atoms. The van der Waals surface area contributed by atoms with Crippen LogP contribution >= 0.6 is 36.2 Å². The van der Waals surface area contributed by atoms with Gasteiger partial charge in [-0.05, 0) is 19.8 Å². The van der Waals surface area contributed by atoms with Crippen molar-refractivity contribution < 1.29 is 0 Å². The Balaban J connectivity index is 0.00000132. The zero-order valence-electron chi connectivity index (χ0n) is 13.1. The molecule has 0 amide bonds. The van der Waals surface area contributed by atoms with Gasteiger partial charge in [0.05, 0.1) is 22.9 Å². The van der Waals surface area contributed by atoms with Gasteiger partial charge in [-0.25, -0.2) is 9.97 Å². The fourth-order valence-electron chi connectivity index (χ4n) is 2.58. The van der Waals surface area contributed by atoms with Crippen molar-refractivity contribution in [3.8, 4) is 0 Å². The van der Waals surface area contributed by atoms with Gasteiger partial charge in [-0.15, -0.1) is 36.2 Å². The van der Waals surface area contributed by atoms with Crippen LogP contribution in [-0.4, -0.2) is 28.0 Å². The van der Waals surface area contributed by atoms with Gasteiger partial charge in [-0.2, -0.15) is 4.98 Å². The number of nitrogen functional groups attached to an aromatic ring is 1. The fraction of sp³-hybridized carbons (Fsp3) is 0.500. The summed E-state index contributed by atoms with van der Waals surface area (Å²) in [6, 6.07) is 2.32. The quantitative estimate of drug-likeness (QED) is 0.850. The van der Waals surface area contributed by atoms with Crippen molar-refractivity contribution in [3.63, 3.8) is 0 Å². The van der Waals surface area contributed by atoms with Crippen molar-refractivity contribution in [1.29, 1.82) is 0 Å².